The highest BCUT2D eigenvalue weighted by atomic mass is 32.1. The summed E-state index contributed by atoms with van der Waals surface area (Å²) >= 11 is 3.99. The van der Waals surface area contributed by atoms with Crippen molar-refractivity contribution in [3.63, 3.8) is 0 Å². The van der Waals surface area contributed by atoms with Crippen LogP contribution in [0.3, 0.4) is 0 Å². The number of carbonyl (C=O) groups is 1. The van der Waals surface area contributed by atoms with E-state index >= 15 is 0 Å². The standard InChI is InChI=1S/C23H22N8O3S/c24-19(31-10-12-33-13-11-31)18(30-35)22-28-29-23(34-22)27-20-21(32)25-16-9-5-4-8-15(16)17(26-20)14-6-2-1-3-7-14/h1-9,20,24,35H,10-13H2,(H,25,32)(H,27,29)/b24-19?,30-18+/t20-/m1/s1. The minimum Gasteiger partial charge on any atom is -0.401 e. The lowest BCUT2D eigenvalue weighted by Gasteiger charge is -2.28. The van der Waals surface area contributed by atoms with E-state index in [0.29, 0.717) is 37.7 Å². The number of benzene rings is 2. The first kappa shape index (κ1) is 22.7. The molecule has 2 aromatic carbocycles. The van der Waals surface area contributed by atoms with Gasteiger partial charge in [-0.15, -0.1) is 5.10 Å². The van der Waals surface area contributed by atoms with E-state index in [1.54, 1.807) is 4.90 Å². The molecule has 1 aromatic heterocycles. The van der Waals surface area contributed by atoms with Crippen molar-refractivity contribution in [3.05, 3.63) is 71.6 Å². The summed E-state index contributed by atoms with van der Waals surface area (Å²) in [6.07, 6.45) is -1.04. The van der Waals surface area contributed by atoms with Crippen LogP contribution < -0.4 is 10.6 Å². The monoisotopic (exact) mass is 490 g/mol. The summed E-state index contributed by atoms with van der Waals surface area (Å²) in [4.78, 5) is 19.5. The molecule has 12 heteroatoms. The first-order chi connectivity index (χ1) is 17.1. The first-order valence-electron chi connectivity index (χ1n) is 10.9. The Morgan fingerprint density at radius 1 is 1.11 bits per heavy atom. The number of amides is 1. The third kappa shape index (κ3) is 4.79. The van der Waals surface area contributed by atoms with Crippen molar-refractivity contribution in [1.29, 1.82) is 5.41 Å². The van der Waals surface area contributed by atoms with E-state index in [1.165, 1.54) is 0 Å². The molecule has 0 radical (unpaired) electrons. The maximum Gasteiger partial charge on any atom is 0.317 e. The van der Waals surface area contributed by atoms with E-state index in [0.717, 1.165) is 11.1 Å². The molecule has 0 saturated carbocycles. The van der Waals surface area contributed by atoms with E-state index in [1.807, 2.05) is 54.6 Å². The smallest absolute Gasteiger partial charge is 0.317 e. The number of hydrogen-bond donors (Lipinski definition) is 4. The average molecular weight is 491 g/mol. The molecule has 3 heterocycles. The van der Waals surface area contributed by atoms with Crippen LogP contribution >= 0.6 is 12.8 Å². The van der Waals surface area contributed by atoms with Gasteiger partial charge in [0.1, 0.15) is 0 Å². The molecular weight excluding hydrogens is 468 g/mol. The molecule has 35 heavy (non-hydrogen) atoms. The van der Waals surface area contributed by atoms with E-state index < -0.39 is 6.17 Å². The van der Waals surface area contributed by atoms with Crippen molar-refractivity contribution in [2.75, 3.05) is 36.9 Å². The number of aromatic nitrogens is 2. The Kier molecular flexibility index (Phi) is 6.55. The first-order valence-corrected chi connectivity index (χ1v) is 11.3. The van der Waals surface area contributed by atoms with E-state index in [4.69, 9.17) is 19.6 Å². The van der Waals surface area contributed by atoms with Crippen molar-refractivity contribution in [1.82, 2.24) is 15.1 Å². The number of thiol groups is 1. The lowest BCUT2D eigenvalue weighted by molar-refractivity contribution is -0.116. The SMILES string of the molecule is N=C(/C(=N\S)c1nnc(N[C@H]2N=C(c3ccccc3)c3ccccc3NC2=O)o1)N1CCOCC1. The number of amidine groups is 1. The Morgan fingerprint density at radius 2 is 1.86 bits per heavy atom. The quantitative estimate of drug-likeness (QED) is 0.244. The second-order valence-electron chi connectivity index (χ2n) is 7.73. The van der Waals surface area contributed by atoms with Crippen LogP contribution in [0.5, 0.6) is 0 Å². The topological polar surface area (TPSA) is 141 Å². The summed E-state index contributed by atoms with van der Waals surface area (Å²) in [5.74, 6) is -0.276. The lowest BCUT2D eigenvalue weighted by Crippen LogP contribution is -2.44. The normalized spacial score (nSPS) is 18.3. The fourth-order valence-corrected chi connectivity index (χ4v) is 3.98. The Labute approximate surface area is 206 Å². The van der Waals surface area contributed by atoms with Crippen molar-refractivity contribution in [3.8, 4) is 0 Å². The average Bonchev–Trinajstić information content (AvgIpc) is 3.30. The predicted molar refractivity (Wildman–Crippen MR) is 135 cm³/mol. The molecule has 178 valence electrons. The number of hydrogen-bond acceptors (Lipinski definition) is 10. The molecular formula is C23H22N8O3S. The van der Waals surface area contributed by atoms with Gasteiger partial charge in [-0.25, -0.2) is 9.39 Å². The van der Waals surface area contributed by atoms with Crippen LogP contribution in [0.4, 0.5) is 11.7 Å². The minimum atomic E-state index is -1.04. The third-order valence-electron chi connectivity index (χ3n) is 5.53. The molecule has 1 fully saturated rings. The summed E-state index contributed by atoms with van der Waals surface area (Å²) in [5.41, 5.74) is 3.08. The van der Waals surface area contributed by atoms with Crippen molar-refractivity contribution in [2.45, 2.75) is 6.17 Å². The zero-order valence-corrected chi connectivity index (χ0v) is 19.4. The number of carbonyl (C=O) groups excluding carboxylic acids is 1. The largest absolute Gasteiger partial charge is 0.401 e. The number of fused-ring (bicyclic) bond motifs is 1. The van der Waals surface area contributed by atoms with Gasteiger partial charge in [0.15, 0.2) is 11.5 Å². The highest BCUT2D eigenvalue weighted by Crippen LogP contribution is 2.24. The van der Waals surface area contributed by atoms with Gasteiger partial charge in [-0.1, -0.05) is 53.6 Å². The molecule has 5 rings (SSSR count). The van der Waals surface area contributed by atoms with Gasteiger partial charge in [-0.3, -0.25) is 10.2 Å². The number of anilines is 2. The number of benzodiazepines with no additional fused rings is 1. The second kappa shape index (κ2) is 10.1. The zero-order valence-electron chi connectivity index (χ0n) is 18.5. The maximum atomic E-state index is 13.0. The zero-order chi connectivity index (χ0) is 24.2. The molecule has 2 aliphatic rings. The highest BCUT2D eigenvalue weighted by Gasteiger charge is 2.28. The number of aliphatic imine (C=N–C) groups is 1. The maximum absolute atomic E-state index is 13.0. The van der Waals surface area contributed by atoms with Crippen LogP contribution in [0.15, 0.2) is 68.4 Å². The van der Waals surface area contributed by atoms with Gasteiger partial charge in [0, 0.05) is 24.2 Å². The van der Waals surface area contributed by atoms with Crippen molar-refractivity contribution >= 4 is 47.7 Å². The summed E-state index contributed by atoms with van der Waals surface area (Å²) in [6, 6.07) is 17.0. The highest BCUT2D eigenvalue weighted by molar-refractivity contribution is 7.79. The van der Waals surface area contributed by atoms with E-state index in [9.17, 15) is 4.79 Å². The fraction of sp³-hybridized carbons (Fsp3) is 0.217. The van der Waals surface area contributed by atoms with Gasteiger partial charge >= 0.3 is 6.01 Å². The molecule has 0 bridgehead atoms. The third-order valence-corrected chi connectivity index (χ3v) is 5.73. The second-order valence-corrected chi connectivity index (χ2v) is 7.93. The molecule has 3 N–H and O–H groups in total. The van der Waals surface area contributed by atoms with Crippen molar-refractivity contribution in [2.24, 2.45) is 9.39 Å². The molecule has 2 aliphatic heterocycles. The Balaban J connectivity index is 1.42. The van der Waals surface area contributed by atoms with Crippen LogP contribution in [0.1, 0.15) is 17.0 Å². The van der Waals surface area contributed by atoms with Crippen molar-refractivity contribution < 1.29 is 13.9 Å². The lowest BCUT2D eigenvalue weighted by atomic mass is 10.0. The minimum absolute atomic E-state index is 0.00331. The van der Waals surface area contributed by atoms with Crippen LogP contribution in [-0.2, 0) is 9.53 Å². The van der Waals surface area contributed by atoms with Gasteiger partial charge < -0.3 is 24.7 Å². The molecule has 0 aliphatic carbocycles. The number of morpholine rings is 1. The number of rotatable bonds is 5. The number of nitrogens with one attached hydrogen (secondary N) is 3. The number of nitrogens with zero attached hydrogens (tertiary/aromatic N) is 5. The fourth-order valence-electron chi connectivity index (χ4n) is 3.80. The Hall–Kier alpha value is -4.03. The van der Waals surface area contributed by atoms with Crippen LogP contribution in [0.2, 0.25) is 0 Å². The summed E-state index contributed by atoms with van der Waals surface area (Å²) in [5, 5.41) is 22.2. The van der Waals surface area contributed by atoms with E-state index in [2.05, 4.69) is 38.0 Å². The number of ether oxygens (including phenoxy) is 1. The molecule has 1 atom stereocenters. The van der Waals surface area contributed by atoms with E-state index in [-0.39, 0.29) is 29.4 Å². The molecule has 1 saturated heterocycles. The van der Waals surface area contributed by atoms with Gasteiger partial charge in [-0.2, -0.15) is 0 Å². The molecule has 1 amide bonds. The molecule has 0 unspecified atom stereocenters. The van der Waals surface area contributed by atoms with Crippen LogP contribution in [0, 0.1) is 5.41 Å². The van der Waals surface area contributed by atoms with Gasteiger partial charge in [-0.05, 0) is 18.9 Å². The Bertz CT molecular complexity index is 1300. The number of para-hydroxylation sites is 1. The Morgan fingerprint density at radius 3 is 2.63 bits per heavy atom. The summed E-state index contributed by atoms with van der Waals surface area (Å²) < 4.78 is 14.9. The summed E-state index contributed by atoms with van der Waals surface area (Å²) in [7, 11) is 0. The van der Waals surface area contributed by atoms with Gasteiger partial charge in [0.2, 0.25) is 6.17 Å². The molecule has 0 spiro atoms. The van der Waals surface area contributed by atoms with Gasteiger partial charge in [0.05, 0.1) is 24.6 Å². The van der Waals surface area contributed by atoms with Gasteiger partial charge in [0.25, 0.3) is 11.8 Å². The summed E-state index contributed by atoms with van der Waals surface area (Å²) in [6.45, 7) is 2.12. The molecule has 11 nitrogen and oxygen atoms in total. The predicted octanol–water partition coefficient (Wildman–Crippen LogP) is 2.24. The van der Waals surface area contributed by atoms with Crippen LogP contribution in [0.25, 0.3) is 0 Å². The molecule has 3 aromatic rings. The van der Waals surface area contributed by atoms with Crippen LogP contribution in [-0.4, -0.2) is 70.7 Å².